The second kappa shape index (κ2) is 3.82. The van der Waals surface area contributed by atoms with Crippen LogP contribution in [0, 0.1) is 0 Å². The van der Waals surface area contributed by atoms with E-state index in [1.807, 2.05) is 0 Å². The van der Waals surface area contributed by atoms with Gasteiger partial charge in [-0.2, -0.15) is 0 Å². The molecular formula is C6H10N2OS2. The molecular weight excluding hydrogens is 180 g/mol. The van der Waals surface area contributed by atoms with Crippen molar-refractivity contribution in [3.8, 4) is 0 Å². The summed E-state index contributed by atoms with van der Waals surface area (Å²) in [6.07, 6.45) is 4.26. The third-order valence-electron chi connectivity index (χ3n) is 1.21. The van der Waals surface area contributed by atoms with Gasteiger partial charge in [-0.25, -0.2) is 4.98 Å². The molecule has 0 amide bonds. The summed E-state index contributed by atoms with van der Waals surface area (Å²) >= 11 is 1.46. The highest BCUT2D eigenvalue weighted by Crippen LogP contribution is 2.14. The lowest BCUT2D eigenvalue weighted by molar-refractivity contribution is 0.686. The van der Waals surface area contributed by atoms with Crippen LogP contribution in [0.5, 0.6) is 0 Å². The van der Waals surface area contributed by atoms with E-state index in [0.29, 0.717) is 10.9 Å². The summed E-state index contributed by atoms with van der Waals surface area (Å²) in [4.78, 5) is 5.00. The highest BCUT2D eigenvalue weighted by atomic mass is 32.2. The lowest BCUT2D eigenvalue weighted by Gasteiger charge is -1.90. The zero-order valence-electron chi connectivity index (χ0n) is 6.24. The summed E-state index contributed by atoms with van der Waals surface area (Å²) in [5.74, 6) is 0.696. The molecule has 1 atom stereocenters. The number of rotatable bonds is 3. The Hall–Kier alpha value is -0.420. The molecule has 0 aliphatic heterocycles. The minimum atomic E-state index is -0.719. The number of nitrogen functional groups attached to an aromatic ring is 1. The number of nitrogens with zero attached hydrogens (tertiary/aromatic N) is 1. The van der Waals surface area contributed by atoms with Crippen LogP contribution in [-0.2, 0) is 17.2 Å². The van der Waals surface area contributed by atoms with Gasteiger partial charge in [0, 0.05) is 33.9 Å². The Kier molecular flexibility index (Phi) is 3.02. The Morgan fingerprint density at radius 3 is 3.00 bits per heavy atom. The van der Waals surface area contributed by atoms with E-state index in [1.165, 1.54) is 11.3 Å². The van der Waals surface area contributed by atoms with Gasteiger partial charge in [0.25, 0.3) is 0 Å². The number of thiazole rings is 1. The maximum Gasteiger partial charge on any atom is 0.180 e. The molecule has 5 heteroatoms. The Bertz CT molecular complexity index is 259. The van der Waals surface area contributed by atoms with Gasteiger partial charge in [0.2, 0.25) is 0 Å². The molecule has 11 heavy (non-hydrogen) atoms. The first-order valence-electron chi connectivity index (χ1n) is 3.18. The molecule has 2 N–H and O–H groups in total. The number of nitrogens with two attached hydrogens (primary N) is 1. The molecule has 1 unspecified atom stereocenters. The summed E-state index contributed by atoms with van der Waals surface area (Å²) in [5.41, 5.74) is 5.42. The number of hydrogen-bond acceptors (Lipinski definition) is 4. The van der Waals surface area contributed by atoms with E-state index in [1.54, 1.807) is 12.5 Å². The fraction of sp³-hybridized carbons (Fsp3) is 0.500. The zero-order chi connectivity index (χ0) is 8.27. The Morgan fingerprint density at radius 2 is 2.55 bits per heavy atom. The zero-order valence-corrected chi connectivity index (χ0v) is 7.87. The van der Waals surface area contributed by atoms with Gasteiger partial charge in [0.15, 0.2) is 5.13 Å². The first kappa shape index (κ1) is 8.67. The van der Waals surface area contributed by atoms with Crippen molar-refractivity contribution in [2.24, 2.45) is 0 Å². The molecule has 1 heterocycles. The van der Waals surface area contributed by atoms with E-state index in [9.17, 15) is 4.21 Å². The van der Waals surface area contributed by atoms with Crippen molar-refractivity contribution in [2.45, 2.75) is 6.42 Å². The second-order valence-corrected chi connectivity index (χ2v) is 4.89. The van der Waals surface area contributed by atoms with Crippen LogP contribution in [0.1, 0.15) is 4.88 Å². The number of aromatic nitrogens is 1. The molecule has 0 radical (unpaired) electrons. The predicted molar refractivity (Wildman–Crippen MR) is 49.2 cm³/mol. The van der Waals surface area contributed by atoms with E-state index in [0.717, 1.165) is 11.3 Å². The molecule has 3 nitrogen and oxygen atoms in total. The molecule has 0 aromatic carbocycles. The fourth-order valence-electron chi connectivity index (χ4n) is 0.683. The number of aryl methyl sites for hydroxylation is 1. The van der Waals surface area contributed by atoms with Gasteiger partial charge in [0.05, 0.1) is 0 Å². The minimum Gasteiger partial charge on any atom is -0.375 e. The van der Waals surface area contributed by atoms with E-state index in [2.05, 4.69) is 4.98 Å². The fourth-order valence-corrected chi connectivity index (χ4v) is 2.00. The summed E-state index contributed by atoms with van der Waals surface area (Å²) in [5, 5.41) is 0.585. The predicted octanol–water partition coefficient (Wildman–Crippen LogP) is 0.646. The molecule has 0 aliphatic carbocycles. The van der Waals surface area contributed by atoms with Crippen LogP contribution in [0.15, 0.2) is 6.20 Å². The van der Waals surface area contributed by atoms with Crippen molar-refractivity contribution in [3.63, 3.8) is 0 Å². The van der Waals surface area contributed by atoms with Gasteiger partial charge < -0.3 is 5.73 Å². The lowest BCUT2D eigenvalue weighted by atomic mass is 10.4. The normalized spacial score (nSPS) is 13.2. The van der Waals surface area contributed by atoms with Crippen LogP contribution in [0.3, 0.4) is 0 Å². The number of anilines is 1. The third-order valence-corrected chi connectivity index (χ3v) is 2.87. The molecule has 1 rings (SSSR count). The monoisotopic (exact) mass is 190 g/mol. The third kappa shape index (κ3) is 2.98. The van der Waals surface area contributed by atoms with Gasteiger partial charge in [-0.3, -0.25) is 4.21 Å². The molecule has 62 valence electrons. The SMILES string of the molecule is CS(=O)CCc1cnc(N)s1. The Morgan fingerprint density at radius 1 is 1.82 bits per heavy atom. The lowest BCUT2D eigenvalue weighted by Crippen LogP contribution is -1.96. The highest BCUT2D eigenvalue weighted by molar-refractivity contribution is 7.84. The maximum absolute atomic E-state index is 10.7. The van der Waals surface area contributed by atoms with E-state index < -0.39 is 10.8 Å². The van der Waals surface area contributed by atoms with Crippen molar-refractivity contribution in [1.29, 1.82) is 0 Å². The van der Waals surface area contributed by atoms with Crippen LogP contribution >= 0.6 is 11.3 Å². The summed E-state index contributed by atoms with van der Waals surface area (Å²) in [7, 11) is -0.719. The van der Waals surface area contributed by atoms with Gasteiger partial charge in [-0.1, -0.05) is 0 Å². The van der Waals surface area contributed by atoms with Crippen molar-refractivity contribution in [1.82, 2.24) is 4.98 Å². The van der Waals surface area contributed by atoms with Crippen LogP contribution in [0.2, 0.25) is 0 Å². The van der Waals surface area contributed by atoms with Crippen LogP contribution in [0.4, 0.5) is 5.13 Å². The van der Waals surface area contributed by atoms with E-state index in [4.69, 9.17) is 5.73 Å². The van der Waals surface area contributed by atoms with Crippen LogP contribution < -0.4 is 5.73 Å². The van der Waals surface area contributed by atoms with Crippen molar-refractivity contribution >= 4 is 27.3 Å². The van der Waals surface area contributed by atoms with Crippen molar-refractivity contribution in [3.05, 3.63) is 11.1 Å². The Labute approximate surface area is 72.1 Å². The summed E-state index contributed by atoms with van der Waals surface area (Å²) in [6.45, 7) is 0. The van der Waals surface area contributed by atoms with E-state index in [-0.39, 0.29) is 0 Å². The van der Waals surface area contributed by atoms with Gasteiger partial charge in [-0.15, -0.1) is 11.3 Å². The largest absolute Gasteiger partial charge is 0.375 e. The number of hydrogen-bond donors (Lipinski definition) is 1. The molecule has 1 aromatic heterocycles. The molecule has 0 saturated carbocycles. The van der Waals surface area contributed by atoms with Crippen LogP contribution in [0.25, 0.3) is 0 Å². The second-order valence-electron chi connectivity index (χ2n) is 2.19. The van der Waals surface area contributed by atoms with Crippen molar-refractivity contribution in [2.75, 3.05) is 17.7 Å². The standard InChI is InChI=1S/C6H10N2OS2/c1-11(9)3-2-5-4-8-6(7)10-5/h4H,2-3H2,1H3,(H2,7,8). The molecule has 0 saturated heterocycles. The average molecular weight is 190 g/mol. The van der Waals surface area contributed by atoms with Gasteiger partial charge in [0.1, 0.15) is 0 Å². The van der Waals surface area contributed by atoms with Crippen LogP contribution in [-0.4, -0.2) is 21.2 Å². The average Bonchev–Trinajstić information content (AvgIpc) is 2.31. The van der Waals surface area contributed by atoms with Gasteiger partial charge in [-0.05, 0) is 6.42 Å². The summed E-state index contributed by atoms with van der Waals surface area (Å²) < 4.78 is 10.7. The Balaban J connectivity index is 2.45. The highest BCUT2D eigenvalue weighted by Gasteiger charge is 1.99. The van der Waals surface area contributed by atoms with Gasteiger partial charge >= 0.3 is 0 Å². The first-order valence-corrected chi connectivity index (χ1v) is 5.73. The first-order chi connectivity index (χ1) is 5.18. The minimum absolute atomic E-state index is 0.585. The molecule has 0 fully saturated rings. The topological polar surface area (TPSA) is 56.0 Å². The summed E-state index contributed by atoms with van der Waals surface area (Å²) in [6, 6.07) is 0. The molecule has 0 bridgehead atoms. The smallest absolute Gasteiger partial charge is 0.180 e. The quantitative estimate of drug-likeness (QED) is 0.761. The van der Waals surface area contributed by atoms with Crippen molar-refractivity contribution < 1.29 is 4.21 Å². The molecule has 0 aliphatic rings. The molecule has 0 spiro atoms. The molecule has 1 aromatic rings. The maximum atomic E-state index is 10.7. The van der Waals surface area contributed by atoms with E-state index >= 15 is 0 Å².